The molecule has 0 atom stereocenters. The summed E-state index contributed by atoms with van der Waals surface area (Å²) in [6.45, 7) is 12.3. The van der Waals surface area contributed by atoms with E-state index in [1.165, 1.54) is 0 Å². The van der Waals surface area contributed by atoms with Crippen molar-refractivity contribution in [2.75, 3.05) is 5.32 Å². The summed E-state index contributed by atoms with van der Waals surface area (Å²) in [5.74, 6) is 1.60. The van der Waals surface area contributed by atoms with E-state index in [4.69, 9.17) is 11.6 Å². The van der Waals surface area contributed by atoms with Gasteiger partial charge in [-0.25, -0.2) is 9.97 Å². The highest BCUT2D eigenvalue weighted by atomic mass is 35.5. The van der Waals surface area contributed by atoms with Crippen molar-refractivity contribution in [1.29, 1.82) is 0 Å². The molecule has 0 bridgehead atoms. The molecule has 0 aliphatic carbocycles. The van der Waals surface area contributed by atoms with E-state index in [2.05, 4.69) is 49.9 Å². The molecule has 0 fully saturated rings. The summed E-state index contributed by atoms with van der Waals surface area (Å²) in [4.78, 5) is 8.86. The first-order chi connectivity index (χ1) is 7.21. The first-order valence-corrected chi connectivity index (χ1v) is 5.90. The third kappa shape index (κ3) is 3.08. The molecular weight excluding hydrogens is 222 g/mol. The molecule has 16 heavy (non-hydrogen) atoms. The van der Waals surface area contributed by atoms with Crippen LogP contribution < -0.4 is 5.32 Å². The van der Waals surface area contributed by atoms with Gasteiger partial charge in [-0.15, -0.1) is 0 Å². The van der Waals surface area contributed by atoms with Gasteiger partial charge in [0, 0.05) is 17.0 Å². The lowest BCUT2D eigenvalue weighted by atomic mass is 9.95. The minimum atomic E-state index is -0.0925. The van der Waals surface area contributed by atoms with Crippen molar-refractivity contribution >= 4 is 17.4 Å². The van der Waals surface area contributed by atoms with Gasteiger partial charge in [-0.05, 0) is 20.8 Å². The molecule has 1 heterocycles. The molecule has 90 valence electrons. The number of halogens is 1. The lowest BCUT2D eigenvalue weighted by Crippen LogP contribution is -2.20. The van der Waals surface area contributed by atoms with Gasteiger partial charge in [0.05, 0.1) is 0 Å². The third-order valence-corrected chi connectivity index (χ3v) is 2.55. The Balaban J connectivity index is 3.22. The normalized spacial score (nSPS) is 12.0. The first kappa shape index (κ1) is 13.2. The van der Waals surface area contributed by atoms with Crippen LogP contribution in [0.5, 0.6) is 0 Å². The standard InChI is InChI=1S/C12H20ClN3/c1-7(2)14-10-8(3)9(13)15-11(16-10)12(4,5)6/h7H,1-6H3,(H,14,15,16). The molecule has 1 aromatic rings. The molecule has 0 saturated carbocycles. The largest absolute Gasteiger partial charge is 0.368 e. The third-order valence-electron chi connectivity index (χ3n) is 2.18. The van der Waals surface area contributed by atoms with Crippen LogP contribution in [0.1, 0.15) is 46.0 Å². The summed E-state index contributed by atoms with van der Waals surface area (Å²) < 4.78 is 0. The Hall–Kier alpha value is -0.830. The molecule has 0 radical (unpaired) electrons. The van der Waals surface area contributed by atoms with Crippen LogP contribution in [-0.4, -0.2) is 16.0 Å². The SMILES string of the molecule is Cc1c(Cl)nc(C(C)(C)C)nc1NC(C)C. The fourth-order valence-corrected chi connectivity index (χ4v) is 1.41. The molecule has 1 aromatic heterocycles. The van der Waals surface area contributed by atoms with Crippen LogP contribution in [0.4, 0.5) is 5.82 Å². The Bertz CT molecular complexity index is 381. The lowest BCUT2D eigenvalue weighted by molar-refractivity contribution is 0.545. The fourth-order valence-electron chi connectivity index (χ4n) is 1.24. The van der Waals surface area contributed by atoms with Gasteiger partial charge in [0.25, 0.3) is 0 Å². The molecule has 1 rings (SSSR count). The number of aromatic nitrogens is 2. The Morgan fingerprint density at radius 3 is 2.19 bits per heavy atom. The van der Waals surface area contributed by atoms with E-state index in [0.29, 0.717) is 11.2 Å². The number of rotatable bonds is 2. The second kappa shape index (κ2) is 4.58. The van der Waals surface area contributed by atoms with Crippen LogP contribution in [0, 0.1) is 6.92 Å². The Morgan fingerprint density at radius 1 is 1.19 bits per heavy atom. The van der Waals surface area contributed by atoms with Gasteiger partial charge in [-0.1, -0.05) is 32.4 Å². The summed E-state index contributed by atoms with van der Waals surface area (Å²) in [6.07, 6.45) is 0. The van der Waals surface area contributed by atoms with Gasteiger partial charge >= 0.3 is 0 Å². The highest BCUT2D eigenvalue weighted by Crippen LogP contribution is 2.26. The van der Waals surface area contributed by atoms with Crippen molar-refractivity contribution in [3.63, 3.8) is 0 Å². The first-order valence-electron chi connectivity index (χ1n) is 5.53. The minimum Gasteiger partial charge on any atom is -0.368 e. The molecule has 1 N–H and O–H groups in total. The van der Waals surface area contributed by atoms with Crippen LogP contribution in [0.3, 0.4) is 0 Å². The number of hydrogen-bond donors (Lipinski definition) is 1. The van der Waals surface area contributed by atoms with E-state index in [-0.39, 0.29) is 5.41 Å². The maximum atomic E-state index is 6.12. The van der Waals surface area contributed by atoms with Crippen molar-refractivity contribution < 1.29 is 0 Å². The monoisotopic (exact) mass is 241 g/mol. The van der Waals surface area contributed by atoms with E-state index < -0.39 is 0 Å². The number of nitrogens with one attached hydrogen (secondary N) is 1. The van der Waals surface area contributed by atoms with Crippen LogP contribution >= 0.6 is 11.6 Å². The zero-order valence-electron chi connectivity index (χ0n) is 10.8. The Labute approximate surface area is 103 Å². The molecule has 3 nitrogen and oxygen atoms in total. The van der Waals surface area contributed by atoms with E-state index in [0.717, 1.165) is 17.2 Å². The highest BCUT2D eigenvalue weighted by molar-refractivity contribution is 6.30. The molecule has 0 aliphatic rings. The van der Waals surface area contributed by atoms with Gasteiger partial charge in [-0.2, -0.15) is 0 Å². The lowest BCUT2D eigenvalue weighted by Gasteiger charge is -2.20. The van der Waals surface area contributed by atoms with E-state index in [9.17, 15) is 0 Å². The van der Waals surface area contributed by atoms with Gasteiger partial charge in [0.15, 0.2) is 0 Å². The van der Waals surface area contributed by atoms with Crippen molar-refractivity contribution in [1.82, 2.24) is 9.97 Å². The quantitative estimate of drug-likeness (QED) is 0.805. The number of anilines is 1. The maximum Gasteiger partial charge on any atom is 0.137 e. The summed E-state index contributed by atoms with van der Waals surface area (Å²) >= 11 is 6.12. The highest BCUT2D eigenvalue weighted by Gasteiger charge is 2.20. The van der Waals surface area contributed by atoms with Gasteiger partial charge in [0.1, 0.15) is 16.8 Å². The molecular formula is C12H20ClN3. The molecule has 0 unspecified atom stereocenters. The predicted octanol–water partition coefficient (Wildman–Crippen LogP) is 3.56. The number of hydrogen-bond acceptors (Lipinski definition) is 3. The summed E-state index contributed by atoms with van der Waals surface area (Å²) in [6, 6.07) is 0.331. The fraction of sp³-hybridized carbons (Fsp3) is 0.667. The van der Waals surface area contributed by atoms with Crippen LogP contribution in [0.25, 0.3) is 0 Å². The molecule has 0 aromatic carbocycles. The summed E-state index contributed by atoms with van der Waals surface area (Å²) in [7, 11) is 0. The zero-order chi connectivity index (χ0) is 12.5. The van der Waals surface area contributed by atoms with Crippen molar-refractivity contribution in [2.45, 2.75) is 53.0 Å². The average molecular weight is 242 g/mol. The van der Waals surface area contributed by atoms with Gasteiger partial charge < -0.3 is 5.32 Å². The minimum absolute atomic E-state index is 0.0925. The second-order valence-corrected chi connectivity index (χ2v) is 5.72. The van der Waals surface area contributed by atoms with Crippen LogP contribution in [-0.2, 0) is 5.41 Å². The average Bonchev–Trinajstić information content (AvgIpc) is 2.10. The summed E-state index contributed by atoms with van der Waals surface area (Å²) in [5, 5.41) is 3.82. The topological polar surface area (TPSA) is 37.8 Å². The van der Waals surface area contributed by atoms with E-state index in [1.54, 1.807) is 0 Å². The van der Waals surface area contributed by atoms with E-state index >= 15 is 0 Å². The molecule has 0 spiro atoms. The molecule has 0 amide bonds. The zero-order valence-corrected chi connectivity index (χ0v) is 11.6. The summed E-state index contributed by atoms with van der Waals surface area (Å²) in [5.41, 5.74) is 0.813. The Kier molecular flexibility index (Phi) is 3.79. The van der Waals surface area contributed by atoms with Gasteiger partial charge in [-0.3, -0.25) is 0 Å². The Morgan fingerprint density at radius 2 is 1.75 bits per heavy atom. The van der Waals surface area contributed by atoms with E-state index in [1.807, 2.05) is 6.92 Å². The van der Waals surface area contributed by atoms with Crippen molar-refractivity contribution in [2.24, 2.45) is 0 Å². The predicted molar refractivity (Wildman–Crippen MR) is 69.2 cm³/mol. The molecule has 0 saturated heterocycles. The van der Waals surface area contributed by atoms with Crippen molar-refractivity contribution in [3.8, 4) is 0 Å². The smallest absolute Gasteiger partial charge is 0.137 e. The maximum absolute atomic E-state index is 6.12. The molecule has 0 aliphatic heterocycles. The van der Waals surface area contributed by atoms with Crippen LogP contribution in [0.15, 0.2) is 0 Å². The van der Waals surface area contributed by atoms with Gasteiger partial charge in [0.2, 0.25) is 0 Å². The van der Waals surface area contributed by atoms with Crippen LogP contribution in [0.2, 0.25) is 5.15 Å². The van der Waals surface area contributed by atoms with Crippen molar-refractivity contribution in [3.05, 3.63) is 16.5 Å². The number of nitrogens with zero attached hydrogens (tertiary/aromatic N) is 2. The molecule has 4 heteroatoms. The second-order valence-electron chi connectivity index (χ2n) is 5.36.